The van der Waals surface area contributed by atoms with Gasteiger partial charge in [0.15, 0.2) is 11.5 Å². The molecule has 0 unspecified atom stereocenters. The molecule has 0 bridgehead atoms. The fourth-order valence-corrected chi connectivity index (χ4v) is 4.13. The van der Waals surface area contributed by atoms with E-state index in [2.05, 4.69) is 4.74 Å². The van der Waals surface area contributed by atoms with E-state index in [-0.39, 0.29) is 4.90 Å². The molecule has 1 aliphatic rings. The summed E-state index contributed by atoms with van der Waals surface area (Å²) in [6, 6.07) is 11.3. The third kappa shape index (κ3) is 3.45. The zero-order valence-corrected chi connectivity index (χ0v) is 15.3. The van der Waals surface area contributed by atoms with Crippen LogP contribution in [0.1, 0.15) is 5.56 Å². The average Bonchev–Trinajstić information content (AvgIpc) is 2.66. The number of carbonyl (C=O) groups is 1. The molecule has 26 heavy (non-hydrogen) atoms. The van der Waals surface area contributed by atoms with Crippen molar-refractivity contribution in [1.82, 2.24) is 0 Å². The van der Waals surface area contributed by atoms with Gasteiger partial charge in [0, 0.05) is 6.07 Å². The van der Waals surface area contributed by atoms with Crippen molar-refractivity contribution >= 4 is 21.7 Å². The quantitative estimate of drug-likeness (QED) is 0.743. The number of sulfonamides is 1. The van der Waals surface area contributed by atoms with E-state index in [1.165, 1.54) is 19.2 Å². The van der Waals surface area contributed by atoms with E-state index in [0.717, 1.165) is 9.87 Å². The lowest BCUT2D eigenvalue weighted by Crippen LogP contribution is -2.36. The van der Waals surface area contributed by atoms with E-state index in [1.54, 1.807) is 37.3 Å². The summed E-state index contributed by atoms with van der Waals surface area (Å²) in [4.78, 5) is 11.9. The monoisotopic (exact) mass is 377 g/mol. The number of nitrogens with zero attached hydrogens (tertiary/aromatic N) is 1. The first kappa shape index (κ1) is 18.1. The van der Waals surface area contributed by atoms with Crippen LogP contribution >= 0.6 is 0 Å². The Morgan fingerprint density at radius 1 is 1.12 bits per heavy atom. The minimum Gasteiger partial charge on any atom is -0.486 e. The Kier molecular flexibility index (Phi) is 5.03. The van der Waals surface area contributed by atoms with Crippen molar-refractivity contribution in [3.63, 3.8) is 0 Å². The fourth-order valence-electron chi connectivity index (χ4n) is 2.64. The molecule has 2 aromatic rings. The predicted octanol–water partition coefficient (Wildman–Crippen LogP) is 2.13. The largest absolute Gasteiger partial charge is 0.486 e. The Morgan fingerprint density at radius 2 is 1.81 bits per heavy atom. The number of hydrogen-bond acceptors (Lipinski definition) is 6. The van der Waals surface area contributed by atoms with Crippen molar-refractivity contribution < 1.29 is 27.4 Å². The number of hydrogen-bond donors (Lipinski definition) is 0. The van der Waals surface area contributed by atoms with Gasteiger partial charge in [0.2, 0.25) is 0 Å². The van der Waals surface area contributed by atoms with Crippen LogP contribution in [0.4, 0.5) is 5.69 Å². The molecule has 0 saturated carbocycles. The number of esters is 1. The Bertz CT molecular complexity index is 925. The second-order valence-electron chi connectivity index (χ2n) is 5.68. The summed E-state index contributed by atoms with van der Waals surface area (Å²) in [5.41, 5.74) is 1.13. The zero-order valence-electron chi connectivity index (χ0n) is 14.5. The van der Waals surface area contributed by atoms with Crippen LogP contribution in [0.3, 0.4) is 0 Å². The van der Waals surface area contributed by atoms with Crippen LogP contribution in [-0.4, -0.2) is 41.3 Å². The van der Waals surface area contributed by atoms with Gasteiger partial charge in [0.25, 0.3) is 10.0 Å². The van der Waals surface area contributed by atoms with Crippen LogP contribution < -0.4 is 13.8 Å². The lowest BCUT2D eigenvalue weighted by molar-refractivity contribution is -0.138. The summed E-state index contributed by atoms with van der Waals surface area (Å²) in [5.74, 6) is 0.195. The number of rotatable bonds is 5. The summed E-state index contributed by atoms with van der Waals surface area (Å²) < 4.78 is 43.1. The van der Waals surface area contributed by atoms with Gasteiger partial charge in [-0.3, -0.25) is 9.10 Å². The highest BCUT2D eigenvalue weighted by Crippen LogP contribution is 2.34. The first-order valence-electron chi connectivity index (χ1n) is 7.98. The zero-order chi connectivity index (χ0) is 18.7. The first-order valence-corrected chi connectivity index (χ1v) is 9.42. The van der Waals surface area contributed by atoms with Gasteiger partial charge in [-0.15, -0.1) is 0 Å². The molecular weight excluding hydrogens is 358 g/mol. The van der Waals surface area contributed by atoms with Gasteiger partial charge in [-0.1, -0.05) is 18.2 Å². The second kappa shape index (κ2) is 7.25. The second-order valence-corrected chi connectivity index (χ2v) is 7.54. The fraction of sp³-hybridized carbons (Fsp3) is 0.278. The van der Waals surface area contributed by atoms with E-state index in [0.29, 0.717) is 30.4 Å². The Morgan fingerprint density at radius 3 is 2.50 bits per heavy atom. The number of methoxy groups -OCH3 is 1. The van der Waals surface area contributed by atoms with Crippen molar-refractivity contribution in [3.8, 4) is 11.5 Å². The van der Waals surface area contributed by atoms with E-state index >= 15 is 0 Å². The van der Waals surface area contributed by atoms with Crippen molar-refractivity contribution in [1.29, 1.82) is 0 Å². The SMILES string of the molecule is COC(=O)CN(c1ccccc1C)S(=O)(=O)c1ccc2c(c1)OCCO2. The summed E-state index contributed by atoms with van der Waals surface area (Å²) in [5, 5.41) is 0. The summed E-state index contributed by atoms with van der Waals surface area (Å²) >= 11 is 0. The normalized spacial score (nSPS) is 13.2. The number of anilines is 1. The van der Waals surface area contributed by atoms with Crippen molar-refractivity contribution in [2.75, 3.05) is 31.2 Å². The highest BCUT2D eigenvalue weighted by Gasteiger charge is 2.30. The number of ether oxygens (including phenoxy) is 3. The molecular formula is C18H19NO6S. The third-order valence-corrected chi connectivity index (χ3v) is 5.74. The number of aryl methyl sites for hydroxylation is 1. The number of carbonyl (C=O) groups excluding carboxylic acids is 1. The van der Waals surface area contributed by atoms with Crippen LogP contribution in [0.15, 0.2) is 47.4 Å². The molecule has 1 heterocycles. The van der Waals surface area contributed by atoms with Gasteiger partial charge >= 0.3 is 5.97 Å². The molecule has 0 aliphatic carbocycles. The maximum atomic E-state index is 13.2. The molecule has 0 spiro atoms. The number of fused-ring (bicyclic) bond motifs is 1. The maximum Gasteiger partial charge on any atom is 0.326 e. The first-order chi connectivity index (χ1) is 12.4. The third-order valence-electron chi connectivity index (χ3n) is 3.99. The molecule has 0 aromatic heterocycles. The highest BCUT2D eigenvalue weighted by atomic mass is 32.2. The Labute approximate surface area is 152 Å². The topological polar surface area (TPSA) is 82.1 Å². The van der Waals surface area contributed by atoms with E-state index in [4.69, 9.17) is 9.47 Å². The summed E-state index contributed by atoms with van der Waals surface area (Å²) in [7, 11) is -2.80. The minimum absolute atomic E-state index is 0.00825. The van der Waals surface area contributed by atoms with Gasteiger partial charge in [-0.25, -0.2) is 8.42 Å². The van der Waals surface area contributed by atoms with Gasteiger partial charge in [-0.05, 0) is 30.7 Å². The molecule has 2 aromatic carbocycles. The Hall–Kier alpha value is -2.74. The predicted molar refractivity (Wildman–Crippen MR) is 95.2 cm³/mol. The molecule has 0 fully saturated rings. The molecule has 3 rings (SSSR count). The average molecular weight is 377 g/mol. The molecule has 0 atom stereocenters. The molecule has 138 valence electrons. The van der Waals surface area contributed by atoms with Gasteiger partial charge in [0.1, 0.15) is 19.8 Å². The summed E-state index contributed by atoms with van der Waals surface area (Å²) in [6.45, 7) is 2.11. The van der Waals surface area contributed by atoms with Gasteiger partial charge < -0.3 is 14.2 Å². The number of para-hydroxylation sites is 1. The lowest BCUT2D eigenvalue weighted by atomic mass is 10.2. The molecule has 0 amide bonds. The molecule has 7 nitrogen and oxygen atoms in total. The van der Waals surface area contributed by atoms with Crippen molar-refractivity contribution in [3.05, 3.63) is 48.0 Å². The van der Waals surface area contributed by atoms with Crippen molar-refractivity contribution in [2.24, 2.45) is 0 Å². The standard InChI is InChI=1S/C18H19NO6S/c1-13-5-3-4-6-15(13)19(12-18(20)23-2)26(21,22)14-7-8-16-17(11-14)25-10-9-24-16/h3-8,11H,9-10,12H2,1-2H3. The summed E-state index contributed by atoms with van der Waals surface area (Å²) in [6.07, 6.45) is 0. The molecule has 0 radical (unpaired) electrons. The minimum atomic E-state index is -4.02. The molecule has 1 aliphatic heterocycles. The maximum absolute atomic E-state index is 13.2. The van der Waals surface area contributed by atoms with E-state index < -0.39 is 22.5 Å². The van der Waals surface area contributed by atoms with Crippen LogP contribution in [0.5, 0.6) is 11.5 Å². The van der Waals surface area contributed by atoms with Crippen LogP contribution in [0, 0.1) is 6.92 Å². The van der Waals surface area contributed by atoms with Gasteiger partial charge in [-0.2, -0.15) is 0 Å². The number of benzene rings is 2. The van der Waals surface area contributed by atoms with Crippen LogP contribution in [-0.2, 0) is 19.6 Å². The van der Waals surface area contributed by atoms with Crippen LogP contribution in [0.25, 0.3) is 0 Å². The molecule has 0 N–H and O–H groups in total. The van der Waals surface area contributed by atoms with E-state index in [1.807, 2.05) is 0 Å². The lowest BCUT2D eigenvalue weighted by Gasteiger charge is -2.26. The highest BCUT2D eigenvalue weighted by molar-refractivity contribution is 7.92. The van der Waals surface area contributed by atoms with Crippen molar-refractivity contribution in [2.45, 2.75) is 11.8 Å². The Balaban J connectivity index is 2.07. The van der Waals surface area contributed by atoms with E-state index in [9.17, 15) is 13.2 Å². The van der Waals surface area contributed by atoms with Gasteiger partial charge in [0.05, 0.1) is 17.7 Å². The smallest absolute Gasteiger partial charge is 0.326 e. The molecule has 0 saturated heterocycles. The van der Waals surface area contributed by atoms with Crippen LogP contribution in [0.2, 0.25) is 0 Å². The molecule has 8 heteroatoms.